The molecule has 2 aliphatic rings. The number of amides is 1. The van der Waals surface area contributed by atoms with Crippen molar-refractivity contribution >= 4 is 15.9 Å². The molecule has 144 valence electrons. The fourth-order valence-electron chi connectivity index (χ4n) is 3.73. The number of sulfonamides is 1. The van der Waals surface area contributed by atoms with Crippen LogP contribution in [0.5, 0.6) is 0 Å². The summed E-state index contributed by atoms with van der Waals surface area (Å²) in [5.41, 5.74) is 0. The zero-order valence-corrected chi connectivity index (χ0v) is 16.5. The summed E-state index contributed by atoms with van der Waals surface area (Å²) in [5.74, 6) is 0.858. The molecule has 2 fully saturated rings. The minimum absolute atomic E-state index is 0.122. The first kappa shape index (κ1) is 19.3. The maximum absolute atomic E-state index is 12.8. The van der Waals surface area contributed by atoms with Crippen molar-refractivity contribution in [1.82, 2.24) is 14.1 Å². The van der Waals surface area contributed by atoms with Gasteiger partial charge in [0.2, 0.25) is 15.9 Å². The second kappa shape index (κ2) is 8.06. The van der Waals surface area contributed by atoms with E-state index in [0.717, 1.165) is 31.8 Å². The topological polar surface area (TPSA) is 60.9 Å². The summed E-state index contributed by atoms with van der Waals surface area (Å²) in [6.07, 6.45) is 2.28. The van der Waals surface area contributed by atoms with Crippen LogP contribution in [0.15, 0.2) is 35.2 Å². The van der Waals surface area contributed by atoms with Gasteiger partial charge in [0.15, 0.2) is 0 Å². The highest BCUT2D eigenvalue weighted by atomic mass is 32.2. The van der Waals surface area contributed by atoms with Crippen molar-refractivity contribution in [3.05, 3.63) is 30.3 Å². The standard InChI is InChI=1S/C19H29N3O3S/c1-16-8-10-20(11-9-16)17(2)19(23)21-12-14-22(15-13-21)26(24,25)18-6-4-3-5-7-18/h3-7,16-17H,8-15H2,1-2H3/t17-/m0/s1. The Bertz CT molecular complexity index is 707. The first-order valence-corrected chi connectivity index (χ1v) is 10.9. The van der Waals surface area contributed by atoms with E-state index in [-0.39, 0.29) is 11.9 Å². The van der Waals surface area contributed by atoms with Crippen molar-refractivity contribution in [1.29, 1.82) is 0 Å². The van der Waals surface area contributed by atoms with Crippen LogP contribution in [0, 0.1) is 5.92 Å². The molecule has 1 amide bonds. The molecule has 7 heteroatoms. The van der Waals surface area contributed by atoms with E-state index in [4.69, 9.17) is 0 Å². The molecule has 0 saturated carbocycles. The van der Waals surface area contributed by atoms with Crippen molar-refractivity contribution < 1.29 is 13.2 Å². The fourth-order valence-corrected chi connectivity index (χ4v) is 5.17. The highest BCUT2D eigenvalue weighted by Gasteiger charge is 2.33. The van der Waals surface area contributed by atoms with E-state index in [1.807, 2.05) is 11.8 Å². The number of hydrogen-bond acceptors (Lipinski definition) is 4. The summed E-state index contributed by atoms with van der Waals surface area (Å²) < 4.78 is 26.9. The van der Waals surface area contributed by atoms with Gasteiger partial charge in [0, 0.05) is 26.2 Å². The quantitative estimate of drug-likeness (QED) is 0.798. The first-order chi connectivity index (χ1) is 12.4. The summed E-state index contributed by atoms with van der Waals surface area (Å²) >= 11 is 0. The smallest absolute Gasteiger partial charge is 0.243 e. The third-order valence-electron chi connectivity index (χ3n) is 5.65. The number of hydrogen-bond donors (Lipinski definition) is 0. The molecule has 26 heavy (non-hydrogen) atoms. The molecule has 2 heterocycles. The Morgan fingerprint density at radius 2 is 1.58 bits per heavy atom. The maximum Gasteiger partial charge on any atom is 0.243 e. The molecule has 3 rings (SSSR count). The average molecular weight is 380 g/mol. The Balaban J connectivity index is 1.57. The van der Waals surface area contributed by atoms with Gasteiger partial charge >= 0.3 is 0 Å². The van der Waals surface area contributed by atoms with Gasteiger partial charge in [0.25, 0.3) is 0 Å². The van der Waals surface area contributed by atoms with Crippen LogP contribution in [-0.2, 0) is 14.8 Å². The van der Waals surface area contributed by atoms with Crippen LogP contribution in [0.4, 0.5) is 0 Å². The van der Waals surface area contributed by atoms with E-state index in [2.05, 4.69) is 11.8 Å². The maximum atomic E-state index is 12.8. The highest BCUT2D eigenvalue weighted by Crippen LogP contribution is 2.21. The second-order valence-electron chi connectivity index (χ2n) is 7.44. The zero-order chi connectivity index (χ0) is 18.7. The number of piperidine rings is 1. The Labute approximate surface area is 156 Å². The Hall–Kier alpha value is -1.44. The van der Waals surface area contributed by atoms with E-state index in [1.165, 1.54) is 4.31 Å². The van der Waals surface area contributed by atoms with Crippen molar-refractivity contribution in [3.8, 4) is 0 Å². The van der Waals surface area contributed by atoms with Gasteiger partial charge < -0.3 is 4.90 Å². The largest absolute Gasteiger partial charge is 0.339 e. The molecule has 1 aromatic rings. The molecule has 1 atom stereocenters. The van der Waals surface area contributed by atoms with Gasteiger partial charge in [-0.1, -0.05) is 25.1 Å². The molecular formula is C19H29N3O3S. The number of nitrogens with zero attached hydrogens (tertiary/aromatic N) is 3. The van der Waals surface area contributed by atoms with Crippen LogP contribution in [-0.4, -0.2) is 73.7 Å². The lowest BCUT2D eigenvalue weighted by Gasteiger charge is -2.39. The number of benzene rings is 1. The van der Waals surface area contributed by atoms with E-state index < -0.39 is 10.0 Å². The molecule has 6 nitrogen and oxygen atoms in total. The number of likely N-dealkylation sites (tertiary alicyclic amines) is 1. The molecule has 0 radical (unpaired) electrons. The van der Waals surface area contributed by atoms with Gasteiger partial charge in [-0.2, -0.15) is 4.31 Å². The molecule has 0 aromatic heterocycles. The molecule has 0 bridgehead atoms. The molecular weight excluding hydrogens is 350 g/mol. The third kappa shape index (κ3) is 4.10. The number of carbonyl (C=O) groups excluding carboxylic acids is 1. The SMILES string of the molecule is CC1CCN([C@@H](C)C(=O)N2CCN(S(=O)(=O)c3ccccc3)CC2)CC1. The molecule has 0 N–H and O–H groups in total. The minimum Gasteiger partial charge on any atom is -0.339 e. The molecule has 0 spiro atoms. The fraction of sp³-hybridized carbons (Fsp3) is 0.632. The van der Waals surface area contributed by atoms with E-state index in [9.17, 15) is 13.2 Å². The second-order valence-corrected chi connectivity index (χ2v) is 9.37. The van der Waals surface area contributed by atoms with Crippen LogP contribution in [0.25, 0.3) is 0 Å². The van der Waals surface area contributed by atoms with Gasteiger partial charge in [-0.15, -0.1) is 0 Å². The number of piperazine rings is 1. The Morgan fingerprint density at radius 1 is 1.00 bits per heavy atom. The third-order valence-corrected chi connectivity index (χ3v) is 7.57. The molecule has 2 saturated heterocycles. The summed E-state index contributed by atoms with van der Waals surface area (Å²) in [5, 5.41) is 0. The Kier molecular flexibility index (Phi) is 5.99. The van der Waals surface area contributed by atoms with Crippen LogP contribution in [0.1, 0.15) is 26.7 Å². The highest BCUT2D eigenvalue weighted by molar-refractivity contribution is 7.89. The first-order valence-electron chi connectivity index (χ1n) is 9.47. The van der Waals surface area contributed by atoms with Crippen molar-refractivity contribution in [2.45, 2.75) is 37.6 Å². The summed E-state index contributed by atoms with van der Waals surface area (Å²) in [6.45, 7) is 7.80. The van der Waals surface area contributed by atoms with Crippen LogP contribution in [0.2, 0.25) is 0 Å². The van der Waals surface area contributed by atoms with Crippen LogP contribution >= 0.6 is 0 Å². The van der Waals surface area contributed by atoms with Gasteiger partial charge in [-0.05, 0) is 50.9 Å². The van der Waals surface area contributed by atoms with E-state index in [0.29, 0.717) is 31.1 Å². The lowest BCUT2D eigenvalue weighted by atomic mass is 9.98. The summed E-state index contributed by atoms with van der Waals surface area (Å²) in [4.78, 5) is 17.2. The van der Waals surface area contributed by atoms with Crippen molar-refractivity contribution in [2.24, 2.45) is 5.92 Å². The molecule has 0 unspecified atom stereocenters. The summed E-state index contributed by atoms with van der Waals surface area (Å²) in [6, 6.07) is 8.37. The normalized spacial score (nSPS) is 22.3. The molecule has 2 aliphatic heterocycles. The van der Waals surface area contributed by atoms with Crippen LogP contribution < -0.4 is 0 Å². The van der Waals surface area contributed by atoms with E-state index >= 15 is 0 Å². The zero-order valence-electron chi connectivity index (χ0n) is 15.7. The molecule has 1 aromatic carbocycles. The number of carbonyl (C=O) groups is 1. The minimum atomic E-state index is -3.47. The lowest BCUT2D eigenvalue weighted by Crippen LogP contribution is -2.55. The average Bonchev–Trinajstić information content (AvgIpc) is 2.68. The predicted octanol–water partition coefficient (Wildman–Crippen LogP) is 1.64. The van der Waals surface area contributed by atoms with Crippen molar-refractivity contribution in [2.75, 3.05) is 39.3 Å². The Morgan fingerprint density at radius 3 is 2.15 bits per heavy atom. The molecule has 0 aliphatic carbocycles. The van der Waals surface area contributed by atoms with Gasteiger partial charge in [0.05, 0.1) is 10.9 Å². The van der Waals surface area contributed by atoms with Crippen molar-refractivity contribution in [3.63, 3.8) is 0 Å². The lowest BCUT2D eigenvalue weighted by molar-refractivity contribution is -0.138. The summed E-state index contributed by atoms with van der Waals surface area (Å²) in [7, 11) is -3.47. The van der Waals surface area contributed by atoms with Gasteiger partial charge in [-0.3, -0.25) is 9.69 Å². The van der Waals surface area contributed by atoms with Crippen LogP contribution in [0.3, 0.4) is 0 Å². The van der Waals surface area contributed by atoms with Gasteiger partial charge in [0.1, 0.15) is 0 Å². The monoisotopic (exact) mass is 379 g/mol. The predicted molar refractivity (Wildman–Crippen MR) is 101 cm³/mol. The van der Waals surface area contributed by atoms with Gasteiger partial charge in [-0.25, -0.2) is 8.42 Å². The number of rotatable bonds is 4. The van der Waals surface area contributed by atoms with E-state index in [1.54, 1.807) is 30.3 Å².